The molecule has 0 saturated heterocycles. The van der Waals surface area contributed by atoms with Crippen LogP contribution in [0.15, 0.2) is 33.3 Å². The van der Waals surface area contributed by atoms with Gasteiger partial charge in [0.1, 0.15) is 17.3 Å². The minimum atomic E-state index is 0.785. The molecule has 0 radical (unpaired) electrons. The molecule has 2 heterocycles. The minimum absolute atomic E-state index is 0.785. The maximum atomic E-state index is 5.60. The number of aryl methyl sites for hydroxylation is 1. The molecule has 2 aromatic heterocycles. The van der Waals surface area contributed by atoms with Crippen molar-refractivity contribution in [1.82, 2.24) is 10.2 Å². The first kappa shape index (κ1) is 14.9. The molecule has 0 fully saturated rings. The summed E-state index contributed by atoms with van der Waals surface area (Å²) >= 11 is 0. The summed E-state index contributed by atoms with van der Waals surface area (Å²) in [6, 6.07) is 6.13. The van der Waals surface area contributed by atoms with Crippen LogP contribution in [0.25, 0.3) is 0 Å². The highest BCUT2D eigenvalue weighted by Crippen LogP contribution is 2.13. The standard InChI is InChI=1S/C16H24N2O2/c1-4-7-17-9-14-8-16(19-12-14)11-18(3)10-15-6-5-13(2)20-15/h5-6,8,12,17H,4,7,9-11H2,1-3H3. The topological polar surface area (TPSA) is 41.6 Å². The van der Waals surface area contributed by atoms with Crippen LogP contribution in [0.4, 0.5) is 0 Å². The van der Waals surface area contributed by atoms with E-state index in [0.29, 0.717) is 0 Å². The van der Waals surface area contributed by atoms with Crippen molar-refractivity contribution >= 4 is 0 Å². The van der Waals surface area contributed by atoms with E-state index < -0.39 is 0 Å². The van der Waals surface area contributed by atoms with Gasteiger partial charge in [0.15, 0.2) is 0 Å². The highest BCUT2D eigenvalue weighted by molar-refractivity contribution is 5.13. The molecule has 0 unspecified atom stereocenters. The molecule has 20 heavy (non-hydrogen) atoms. The van der Waals surface area contributed by atoms with Crippen LogP contribution in [-0.2, 0) is 19.6 Å². The normalized spacial score (nSPS) is 11.4. The Morgan fingerprint density at radius 3 is 2.70 bits per heavy atom. The van der Waals surface area contributed by atoms with Gasteiger partial charge in [-0.25, -0.2) is 0 Å². The van der Waals surface area contributed by atoms with Gasteiger partial charge in [-0.1, -0.05) is 6.92 Å². The molecule has 2 rings (SSSR count). The second-order valence-electron chi connectivity index (χ2n) is 5.28. The van der Waals surface area contributed by atoms with Gasteiger partial charge in [0.25, 0.3) is 0 Å². The van der Waals surface area contributed by atoms with Crippen LogP contribution < -0.4 is 5.32 Å². The van der Waals surface area contributed by atoms with E-state index >= 15 is 0 Å². The number of nitrogens with zero attached hydrogens (tertiary/aromatic N) is 1. The van der Waals surface area contributed by atoms with Gasteiger partial charge in [0.05, 0.1) is 19.4 Å². The van der Waals surface area contributed by atoms with Crippen molar-refractivity contribution in [1.29, 1.82) is 0 Å². The summed E-state index contributed by atoms with van der Waals surface area (Å²) in [5, 5.41) is 3.37. The fraction of sp³-hybridized carbons (Fsp3) is 0.500. The van der Waals surface area contributed by atoms with Gasteiger partial charge in [0, 0.05) is 12.1 Å². The second-order valence-corrected chi connectivity index (χ2v) is 5.28. The summed E-state index contributed by atoms with van der Waals surface area (Å²) in [6.07, 6.45) is 2.99. The Kier molecular flexibility index (Phi) is 5.44. The molecule has 0 spiro atoms. The number of rotatable bonds is 8. The van der Waals surface area contributed by atoms with Crippen LogP contribution in [0.2, 0.25) is 0 Å². The molecule has 0 bridgehead atoms. The average molecular weight is 276 g/mol. The lowest BCUT2D eigenvalue weighted by Gasteiger charge is -2.12. The summed E-state index contributed by atoms with van der Waals surface area (Å²) in [5.41, 5.74) is 1.20. The maximum absolute atomic E-state index is 5.60. The maximum Gasteiger partial charge on any atom is 0.118 e. The molecular weight excluding hydrogens is 252 g/mol. The zero-order valence-electron chi connectivity index (χ0n) is 12.6. The van der Waals surface area contributed by atoms with Gasteiger partial charge >= 0.3 is 0 Å². The zero-order valence-corrected chi connectivity index (χ0v) is 12.6. The van der Waals surface area contributed by atoms with Crippen molar-refractivity contribution in [3.05, 3.63) is 47.3 Å². The predicted molar refractivity (Wildman–Crippen MR) is 79.3 cm³/mol. The molecule has 0 atom stereocenters. The molecule has 2 aromatic rings. The van der Waals surface area contributed by atoms with Gasteiger partial charge in [-0.3, -0.25) is 4.90 Å². The van der Waals surface area contributed by atoms with Crippen molar-refractivity contribution < 1.29 is 8.83 Å². The fourth-order valence-electron chi connectivity index (χ4n) is 2.17. The Morgan fingerprint density at radius 1 is 1.20 bits per heavy atom. The highest BCUT2D eigenvalue weighted by Gasteiger charge is 2.08. The molecule has 4 nitrogen and oxygen atoms in total. The summed E-state index contributed by atoms with van der Waals surface area (Å²) in [7, 11) is 2.06. The van der Waals surface area contributed by atoms with Crippen molar-refractivity contribution in [2.24, 2.45) is 0 Å². The van der Waals surface area contributed by atoms with Crippen LogP contribution in [0.1, 0.15) is 36.2 Å². The van der Waals surface area contributed by atoms with E-state index in [-0.39, 0.29) is 0 Å². The number of nitrogens with one attached hydrogen (secondary N) is 1. The summed E-state index contributed by atoms with van der Waals surface area (Å²) in [4.78, 5) is 2.18. The van der Waals surface area contributed by atoms with Gasteiger partial charge in [-0.05, 0) is 45.1 Å². The van der Waals surface area contributed by atoms with Gasteiger partial charge in [0.2, 0.25) is 0 Å². The summed E-state index contributed by atoms with van der Waals surface area (Å²) < 4.78 is 11.2. The first-order valence-corrected chi connectivity index (χ1v) is 7.18. The third-order valence-corrected chi connectivity index (χ3v) is 3.11. The van der Waals surface area contributed by atoms with E-state index in [1.54, 1.807) is 0 Å². The van der Waals surface area contributed by atoms with Crippen molar-refractivity contribution in [2.75, 3.05) is 13.6 Å². The molecular formula is C16H24N2O2. The molecule has 0 amide bonds. The van der Waals surface area contributed by atoms with Crippen LogP contribution in [-0.4, -0.2) is 18.5 Å². The SMILES string of the molecule is CCCNCc1coc(CN(C)Cc2ccc(C)o2)c1. The van der Waals surface area contributed by atoms with E-state index in [9.17, 15) is 0 Å². The number of hydrogen-bond acceptors (Lipinski definition) is 4. The van der Waals surface area contributed by atoms with Crippen LogP contribution in [0.3, 0.4) is 0 Å². The number of furan rings is 2. The molecule has 4 heteroatoms. The smallest absolute Gasteiger partial charge is 0.118 e. The van der Waals surface area contributed by atoms with Crippen molar-refractivity contribution in [3.8, 4) is 0 Å². The van der Waals surface area contributed by atoms with Gasteiger partial charge in [-0.15, -0.1) is 0 Å². The lowest BCUT2D eigenvalue weighted by atomic mass is 10.3. The second kappa shape index (κ2) is 7.31. The largest absolute Gasteiger partial charge is 0.468 e. The molecule has 110 valence electrons. The van der Waals surface area contributed by atoms with E-state index in [1.807, 2.05) is 25.3 Å². The fourth-order valence-corrected chi connectivity index (χ4v) is 2.17. The van der Waals surface area contributed by atoms with Gasteiger partial charge in [-0.2, -0.15) is 0 Å². The molecule has 0 aliphatic heterocycles. The summed E-state index contributed by atoms with van der Waals surface area (Å²) in [6.45, 7) is 7.62. The first-order valence-electron chi connectivity index (χ1n) is 7.18. The molecule has 1 N–H and O–H groups in total. The number of hydrogen-bond donors (Lipinski definition) is 1. The molecule has 0 saturated carbocycles. The van der Waals surface area contributed by atoms with E-state index in [1.165, 1.54) is 5.56 Å². The highest BCUT2D eigenvalue weighted by atomic mass is 16.3. The van der Waals surface area contributed by atoms with Crippen molar-refractivity contribution in [3.63, 3.8) is 0 Å². The molecule has 0 aliphatic rings. The minimum Gasteiger partial charge on any atom is -0.468 e. The Balaban J connectivity index is 1.80. The Bertz CT molecular complexity index is 516. The Morgan fingerprint density at radius 2 is 2.00 bits per heavy atom. The van der Waals surface area contributed by atoms with Gasteiger partial charge < -0.3 is 14.2 Å². The van der Waals surface area contributed by atoms with Crippen molar-refractivity contribution in [2.45, 2.75) is 39.9 Å². The average Bonchev–Trinajstić information content (AvgIpc) is 2.99. The quantitative estimate of drug-likeness (QED) is 0.751. The third kappa shape index (κ3) is 4.54. The third-order valence-electron chi connectivity index (χ3n) is 3.11. The van der Waals surface area contributed by atoms with E-state index in [2.05, 4.69) is 30.3 Å². The van der Waals surface area contributed by atoms with Crippen LogP contribution in [0.5, 0.6) is 0 Å². The monoisotopic (exact) mass is 276 g/mol. The zero-order chi connectivity index (χ0) is 14.4. The van der Waals surface area contributed by atoms with Crippen LogP contribution >= 0.6 is 0 Å². The lowest BCUT2D eigenvalue weighted by Crippen LogP contribution is -2.16. The van der Waals surface area contributed by atoms with E-state index in [0.717, 1.165) is 49.9 Å². The molecule has 0 aromatic carbocycles. The predicted octanol–water partition coefficient (Wildman–Crippen LogP) is 3.31. The van der Waals surface area contributed by atoms with Crippen LogP contribution in [0, 0.1) is 6.92 Å². The lowest BCUT2D eigenvalue weighted by molar-refractivity contribution is 0.263. The molecule has 0 aliphatic carbocycles. The Labute approximate surface area is 120 Å². The Hall–Kier alpha value is -1.52. The summed E-state index contributed by atoms with van der Waals surface area (Å²) in [5.74, 6) is 2.93. The first-order chi connectivity index (χ1) is 9.67. The van der Waals surface area contributed by atoms with E-state index in [4.69, 9.17) is 8.83 Å².